The Morgan fingerprint density at radius 3 is 3.09 bits per heavy atom. The molecule has 1 heterocycles. The Morgan fingerprint density at radius 1 is 1.82 bits per heavy atom. The molecule has 1 unspecified atom stereocenters. The number of carboxylic acids is 1. The first kappa shape index (κ1) is 6.97. The van der Waals surface area contributed by atoms with Crippen molar-refractivity contribution >= 4 is 23.6 Å². The van der Waals surface area contributed by atoms with E-state index in [0.29, 0.717) is 12.3 Å². The van der Waals surface area contributed by atoms with Crippen molar-refractivity contribution in [3.63, 3.8) is 0 Å². The van der Waals surface area contributed by atoms with Crippen LogP contribution in [0.3, 0.4) is 0 Å². The lowest BCUT2D eigenvalue weighted by Crippen LogP contribution is -2.37. The highest BCUT2D eigenvalue weighted by Crippen LogP contribution is 2.23. The molecule has 0 aromatic rings. The maximum absolute atomic E-state index is 11.0. The summed E-state index contributed by atoms with van der Waals surface area (Å²) in [6.45, 7) is 0.0731. The molecule has 62 valence electrons. The second-order valence-electron chi connectivity index (χ2n) is 2.15. The lowest BCUT2D eigenvalue weighted by Gasteiger charge is -2.17. The molecule has 1 rings (SSSR count). The van der Waals surface area contributed by atoms with Crippen molar-refractivity contribution in [3.05, 3.63) is 0 Å². The lowest BCUT2D eigenvalue weighted by atomic mass is 10.4. The van der Waals surface area contributed by atoms with E-state index in [1.54, 1.807) is 0 Å². The summed E-state index contributed by atoms with van der Waals surface area (Å²) >= 11 is 1.22. The molecule has 0 spiro atoms. The maximum atomic E-state index is 11.0. The van der Waals surface area contributed by atoms with Gasteiger partial charge < -0.3 is 10.0 Å². The predicted octanol–water partition coefficient (Wildman–Crippen LogP) is -0.00760. The molecular weight excluding hydrogens is 166 g/mol. The number of thioether (sulfide) groups is 1. The fourth-order valence-electron chi connectivity index (χ4n) is 0.930. The molecule has 1 N–H and O–H groups in total. The van der Waals surface area contributed by atoms with Gasteiger partial charge >= 0.3 is 5.97 Å². The van der Waals surface area contributed by atoms with Gasteiger partial charge in [0.1, 0.15) is 0 Å². The standard InChI is InChI=1S/C6H9NO3S/c1-4(8)7-2-3-11-5(7)6(9)10/h5H,2-3H2,1H3,(H,9,10)/i1D. The molecule has 5 heteroatoms. The van der Waals surface area contributed by atoms with Crippen LogP contribution >= 0.6 is 11.8 Å². The van der Waals surface area contributed by atoms with Crippen LogP contribution in [0.4, 0.5) is 0 Å². The van der Waals surface area contributed by atoms with E-state index in [2.05, 4.69) is 0 Å². The summed E-state index contributed by atoms with van der Waals surface area (Å²) in [6, 6.07) is 0. The molecular formula is C6H9NO3S. The van der Waals surface area contributed by atoms with Gasteiger partial charge in [-0.1, -0.05) is 0 Å². The monoisotopic (exact) mass is 176 g/mol. The Morgan fingerprint density at radius 2 is 2.55 bits per heavy atom. The zero-order valence-electron chi connectivity index (χ0n) is 6.82. The number of rotatable bonds is 1. The summed E-state index contributed by atoms with van der Waals surface area (Å²) in [4.78, 5) is 22.8. The third kappa shape index (κ3) is 1.65. The Labute approximate surface area is 70.0 Å². The van der Waals surface area contributed by atoms with Crippen molar-refractivity contribution in [1.29, 1.82) is 0 Å². The van der Waals surface area contributed by atoms with Crippen LogP contribution in [0.5, 0.6) is 0 Å². The van der Waals surface area contributed by atoms with Gasteiger partial charge in [-0.15, -0.1) is 11.8 Å². The molecule has 0 bridgehead atoms. The first-order valence-electron chi connectivity index (χ1n) is 3.80. The average Bonchev–Trinajstić information content (AvgIpc) is 2.50. The van der Waals surface area contributed by atoms with Gasteiger partial charge in [-0.3, -0.25) is 4.79 Å². The summed E-state index contributed by atoms with van der Waals surface area (Å²) < 4.78 is 6.81. The summed E-state index contributed by atoms with van der Waals surface area (Å²) in [6.07, 6.45) is 0. The molecule has 1 saturated heterocycles. The van der Waals surface area contributed by atoms with Crippen molar-refractivity contribution in [2.75, 3.05) is 12.3 Å². The van der Waals surface area contributed by atoms with Crippen LogP contribution in [0.2, 0.25) is 0 Å². The third-order valence-electron chi connectivity index (χ3n) is 1.42. The molecule has 1 atom stereocenters. The smallest absolute Gasteiger partial charge is 0.337 e. The van der Waals surface area contributed by atoms with Crippen molar-refractivity contribution in [1.82, 2.24) is 4.90 Å². The molecule has 0 aromatic carbocycles. The van der Waals surface area contributed by atoms with Gasteiger partial charge in [0.2, 0.25) is 5.91 Å². The molecule has 0 aromatic heterocycles. The molecule has 1 aliphatic rings. The highest BCUT2D eigenvalue weighted by molar-refractivity contribution is 8.00. The highest BCUT2D eigenvalue weighted by atomic mass is 32.2. The van der Waals surface area contributed by atoms with Crippen LogP contribution in [0.1, 0.15) is 8.27 Å². The van der Waals surface area contributed by atoms with E-state index in [-0.39, 0.29) is 6.90 Å². The Hall–Kier alpha value is -0.710. The fourth-order valence-corrected chi connectivity index (χ4v) is 2.00. The minimum atomic E-state index is -1.00. The molecule has 0 radical (unpaired) electrons. The van der Waals surface area contributed by atoms with E-state index < -0.39 is 17.3 Å². The largest absolute Gasteiger partial charge is 0.479 e. The highest BCUT2D eigenvalue weighted by Gasteiger charge is 2.32. The summed E-state index contributed by atoms with van der Waals surface area (Å²) in [7, 11) is 0. The molecule has 1 amide bonds. The maximum Gasteiger partial charge on any atom is 0.337 e. The summed E-state index contributed by atoms with van der Waals surface area (Å²) in [5.74, 6) is -0.769. The Balaban J connectivity index is 2.63. The quantitative estimate of drug-likeness (QED) is 0.610. The normalized spacial score (nSPS) is 24.9. The van der Waals surface area contributed by atoms with Crippen LogP contribution in [0, 0.1) is 0 Å². The first-order valence-corrected chi connectivity index (χ1v) is 4.15. The van der Waals surface area contributed by atoms with Gasteiger partial charge in [0.15, 0.2) is 5.37 Å². The van der Waals surface area contributed by atoms with Crippen LogP contribution in [0.25, 0.3) is 0 Å². The van der Waals surface area contributed by atoms with E-state index >= 15 is 0 Å². The lowest BCUT2D eigenvalue weighted by molar-refractivity contribution is -0.144. The van der Waals surface area contributed by atoms with E-state index in [1.165, 1.54) is 16.7 Å². The number of carbonyl (C=O) groups excluding carboxylic acids is 1. The van der Waals surface area contributed by atoms with Crippen LogP contribution in [0.15, 0.2) is 0 Å². The zero-order valence-corrected chi connectivity index (χ0v) is 6.63. The van der Waals surface area contributed by atoms with Gasteiger partial charge in [0.05, 0.1) is 0 Å². The van der Waals surface area contributed by atoms with Crippen LogP contribution in [-0.4, -0.2) is 39.6 Å². The zero-order chi connectivity index (χ0) is 9.14. The van der Waals surface area contributed by atoms with Crippen LogP contribution < -0.4 is 0 Å². The van der Waals surface area contributed by atoms with Crippen molar-refractivity contribution in [2.24, 2.45) is 0 Å². The molecule has 0 saturated carbocycles. The van der Waals surface area contributed by atoms with Gasteiger partial charge in [-0.2, -0.15) is 0 Å². The topological polar surface area (TPSA) is 57.6 Å². The van der Waals surface area contributed by atoms with Gasteiger partial charge in [0, 0.05) is 20.6 Å². The number of aliphatic carboxylic acids is 1. The summed E-state index contributed by atoms with van der Waals surface area (Å²) in [5.41, 5.74) is 0. The Bertz CT molecular complexity index is 211. The minimum absolute atomic E-state index is 0.371. The van der Waals surface area contributed by atoms with Crippen molar-refractivity contribution < 1.29 is 16.1 Å². The predicted molar refractivity (Wildman–Crippen MR) is 41.3 cm³/mol. The third-order valence-corrected chi connectivity index (χ3v) is 2.61. The van der Waals surface area contributed by atoms with E-state index in [4.69, 9.17) is 6.48 Å². The number of amides is 1. The fraction of sp³-hybridized carbons (Fsp3) is 0.667. The van der Waals surface area contributed by atoms with Crippen molar-refractivity contribution in [3.8, 4) is 0 Å². The second kappa shape index (κ2) is 3.13. The SMILES string of the molecule is [2H]CC(=O)N1CCSC1C(=O)O. The van der Waals surface area contributed by atoms with Crippen LogP contribution in [-0.2, 0) is 9.59 Å². The number of nitrogens with zero attached hydrogens (tertiary/aromatic N) is 1. The van der Waals surface area contributed by atoms with E-state index in [9.17, 15) is 9.59 Å². The molecule has 1 aliphatic heterocycles. The molecule has 4 nitrogen and oxygen atoms in total. The molecule has 1 fully saturated rings. The van der Waals surface area contributed by atoms with E-state index in [0.717, 1.165) is 0 Å². The minimum Gasteiger partial charge on any atom is -0.479 e. The van der Waals surface area contributed by atoms with Gasteiger partial charge in [-0.05, 0) is 0 Å². The number of carbonyl (C=O) groups is 2. The second-order valence-corrected chi connectivity index (χ2v) is 3.34. The summed E-state index contributed by atoms with van der Waals surface area (Å²) in [5, 5.41) is 7.88. The number of hydrogen-bond acceptors (Lipinski definition) is 3. The number of hydrogen-bond donors (Lipinski definition) is 1. The molecule has 11 heavy (non-hydrogen) atoms. The number of carboxylic acid groups (broad SMARTS) is 1. The van der Waals surface area contributed by atoms with E-state index in [1.807, 2.05) is 0 Å². The average molecular weight is 176 g/mol. The van der Waals surface area contributed by atoms with Gasteiger partial charge in [-0.25, -0.2) is 4.79 Å². The molecule has 0 aliphatic carbocycles. The van der Waals surface area contributed by atoms with Gasteiger partial charge in [0.25, 0.3) is 0 Å². The van der Waals surface area contributed by atoms with Crippen molar-refractivity contribution in [2.45, 2.75) is 12.3 Å². The first-order chi connectivity index (χ1) is 5.66. The Kier molecular flexibility index (Phi) is 1.98.